The van der Waals surface area contributed by atoms with Crippen molar-refractivity contribution in [3.8, 4) is 5.75 Å². The van der Waals surface area contributed by atoms with Crippen LogP contribution in [0.5, 0.6) is 5.75 Å². The Labute approximate surface area is 159 Å². The Hall–Kier alpha value is -3.33. The highest BCUT2D eigenvalue weighted by Gasteiger charge is 2.33. The Morgan fingerprint density at radius 2 is 1.48 bits per heavy atom. The molecular formula is C24H21NO2. The van der Waals surface area contributed by atoms with Crippen LogP contribution < -0.4 is 4.74 Å². The fourth-order valence-electron chi connectivity index (χ4n) is 3.47. The van der Waals surface area contributed by atoms with Gasteiger partial charge < -0.3 is 9.64 Å². The third kappa shape index (κ3) is 3.49. The van der Waals surface area contributed by atoms with Crippen LogP contribution in [0.25, 0.3) is 5.57 Å². The predicted octanol–water partition coefficient (Wildman–Crippen LogP) is 4.86. The van der Waals surface area contributed by atoms with E-state index < -0.39 is 0 Å². The topological polar surface area (TPSA) is 29.5 Å². The average molecular weight is 355 g/mol. The molecule has 1 atom stereocenters. The van der Waals surface area contributed by atoms with E-state index in [1.54, 1.807) is 7.11 Å². The van der Waals surface area contributed by atoms with Gasteiger partial charge in [-0.3, -0.25) is 4.79 Å². The lowest BCUT2D eigenvalue weighted by Crippen LogP contribution is -2.29. The Bertz CT molecular complexity index is 947. The minimum atomic E-state index is -0.0731. The molecule has 0 spiro atoms. The molecule has 3 nitrogen and oxygen atoms in total. The van der Waals surface area contributed by atoms with E-state index in [4.69, 9.17) is 4.74 Å². The highest BCUT2D eigenvalue weighted by molar-refractivity contribution is 6.21. The zero-order chi connectivity index (χ0) is 18.6. The Morgan fingerprint density at radius 1 is 0.852 bits per heavy atom. The van der Waals surface area contributed by atoms with E-state index in [0.717, 1.165) is 28.0 Å². The van der Waals surface area contributed by atoms with E-state index in [1.165, 1.54) is 0 Å². The van der Waals surface area contributed by atoms with Crippen LogP contribution >= 0.6 is 0 Å². The van der Waals surface area contributed by atoms with Gasteiger partial charge in [-0.2, -0.15) is 0 Å². The average Bonchev–Trinajstić information content (AvgIpc) is 3.06. The van der Waals surface area contributed by atoms with Gasteiger partial charge in [0.05, 0.1) is 13.2 Å². The molecule has 134 valence electrons. The summed E-state index contributed by atoms with van der Waals surface area (Å²) >= 11 is 0. The Kier molecular flexibility index (Phi) is 4.75. The van der Waals surface area contributed by atoms with Gasteiger partial charge in [0.1, 0.15) is 5.75 Å². The molecule has 0 saturated heterocycles. The number of hydrogen-bond acceptors (Lipinski definition) is 2. The molecule has 1 amide bonds. The smallest absolute Gasteiger partial charge is 0.255 e. The number of rotatable bonds is 5. The van der Waals surface area contributed by atoms with Crippen molar-refractivity contribution in [2.75, 3.05) is 7.11 Å². The summed E-state index contributed by atoms with van der Waals surface area (Å²) in [4.78, 5) is 15.2. The number of carbonyl (C=O) groups is 1. The van der Waals surface area contributed by atoms with Crippen molar-refractivity contribution in [3.63, 3.8) is 0 Å². The maximum atomic E-state index is 13.3. The fraction of sp³-hybridized carbons (Fsp3) is 0.125. The predicted molar refractivity (Wildman–Crippen MR) is 107 cm³/mol. The third-order valence-electron chi connectivity index (χ3n) is 4.89. The molecule has 0 aromatic heterocycles. The van der Waals surface area contributed by atoms with Crippen molar-refractivity contribution in [2.45, 2.75) is 12.6 Å². The van der Waals surface area contributed by atoms with Crippen molar-refractivity contribution in [3.05, 3.63) is 108 Å². The third-order valence-corrected chi connectivity index (χ3v) is 4.89. The molecule has 0 bridgehead atoms. The summed E-state index contributed by atoms with van der Waals surface area (Å²) in [6.07, 6.45) is 2.07. The largest absolute Gasteiger partial charge is 0.497 e. The van der Waals surface area contributed by atoms with E-state index >= 15 is 0 Å². The van der Waals surface area contributed by atoms with Crippen LogP contribution in [-0.4, -0.2) is 17.9 Å². The molecule has 27 heavy (non-hydrogen) atoms. The van der Waals surface area contributed by atoms with Crippen molar-refractivity contribution in [1.29, 1.82) is 0 Å². The summed E-state index contributed by atoms with van der Waals surface area (Å²) < 4.78 is 5.23. The molecule has 3 heteroatoms. The zero-order valence-corrected chi connectivity index (χ0v) is 15.2. The summed E-state index contributed by atoms with van der Waals surface area (Å²) in [6.45, 7) is 0.579. The molecule has 0 N–H and O–H groups in total. The van der Waals surface area contributed by atoms with Crippen LogP contribution in [0.2, 0.25) is 0 Å². The standard InChI is InChI=1S/C24H21NO2/c1-27-21-14-12-19(13-15-21)22-16-23(20-10-6-3-7-11-20)25(24(22)26)17-18-8-4-2-5-9-18/h2-16,23H,17H2,1H3. The van der Waals surface area contributed by atoms with Gasteiger partial charge in [0.25, 0.3) is 5.91 Å². The molecule has 1 aliphatic heterocycles. The molecular weight excluding hydrogens is 334 g/mol. The molecule has 3 aromatic rings. The quantitative estimate of drug-likeness (QED) is 0.654. The number of ether oxygens (including phenoxy) is 1. The number of nitrogens with zero attached hydrogens (tertiary/aromatic N) is 1. The minimum absolute atomic E-state index is 0.0536. The highest BCUT2D eigenvalue weighted by atomic mass is 16.5. The van der Waals surface area contributed by atoms with Gasteiger partial charge in [-0.1, -0.05) is 72.8 Å². The van der Waals surface area contributed by atoms with Crippen LogP contribution in [0.15, 0.2) is 91.0 Å². The van der Waals surface area contributed by atoms with Crippen LogP contribution in [0, 0.1) is 0 Å². The van der Waals surface area contributed by atoms with Crippen LogP contribution in [0.3, 0.4) is 0 Å². The summed E-state index contributed by atoms with van der Waals surface area (Å²) in [5.41, 5.74) is 3.89. The van der Waals surface area contributed by atoms with E-state index in [9.17, 15) is 4.79 Å². The molecule has 0 aliphatic carbocycles. The van der Waals surface area contributed by atoms with Gasteiger partial charge in [0.2, 0.25) is 0 Å². The highest BCUT2D eigenvalue weighted by Crippen LogP contribution is 2.37. The first-order valence-electron chi connectivity index (χ1n) is 9.02. The molecule has 0 fully saturated rings. The van der Waals surface area contributed by atoms with Gasteiger partial charge in [0, 0.05) is 12.1 Å². The zero-order valence-electron chi connectivity index (χ0n) is 15.2. The summed E-state index contributed by atoms with van der Waals surface area (Å²) in [5, 5.41) is 0. The lowest BCUT2D eigenvalue weighted by Gasteiger charge is -2.25. The Morgan fingerprint density at radius 3 is 2.11 bits per heavy atom. The van der Waals surface area contributed by atoms with Gasteiger partial charge in [-0.25, -0.2) is 0 Å². The van der Waals surface area contributed by atoms with E-state index in [2.05, 4.69) is 30.3 Å². The summed E-state index contributed by atoms with van der Waals surface area (Å²) in [6, 6.07) is 27.9. The molecule has 3 aromatic carbocycles. The normalized spacial score (nSPS) is 16.3. The van der Waals surface area contributed by atoms with E-state index in [1.807, 2.05) is 65.6 Å². The van der Waals surface area contributed by atoms with Crippen molar-refractivity contribution in [2.24, 2.45) is 0 Å². The minimum Gasteiger partial charge on any atom is -0.497 e. The second kappa shape index (κ2) is 7.50. The maximum absolute atomic E-state index is 13.3. The lowest BCUT2D eigenvalue weighted by atomic mass is 10.0. The molecule has 0 radical (unpaired) electrons. The van der Waals surface area contributed by atoms with Gasteiger partial charge in [-0.15, -0.1) is 0 Å². The van der Waals surface area contributed by atoms with E-state index in [-0.39, 0.29) is 11.9 Å². The van der Waals surface area contributed by atoms with Crippen LogP contribution in [0.4, 0.5) is 0 Å². The number of hydrogen-bond donors (Lipinski definition) is 0. The van der Waals surface area contributed by atoms with Crippen molar-refractivity contribution < 1.29 is 9.53 Å². The SMILES string of the molecule is COc1ccc(C2=CC(c3ccccc3)N(Cc3ccccc3)C2=O)cc1. The summed E-state index contributed by atoms with van der Waals surface area (Å²) in [5.74, 6) is 0.836. The number of benzene rings is 3. The second-order valence-corrected chi connectivity index (χ2v) is 6.58. The van der Waals surface area contributed by atoms with Crippen LogP contribution in [0.1, 0.15) is 22.7 Å². The maximum Gasteiger partial charge on any atom is 0.255 e. The molecule has 4 rings (SSSR count). The second-order valence-electron chi connectivity index (χ2n) is 6.58. The van der Waals surface area contributed by atoms with Gasteiger partial charge in [0.15, 0.2) is 0 Å². The lowest BCUT2D eigenvalue weighted by molar-refractivity contribution is -0.125. The number of amides is 1. The number of carbonyl (C=O) groups excluding carboxylic acids is 1. The molecule has 1 heterocycles. The van der Waals surface area contributed by atoms with Crippen LogP contribution in [-0.2, 0) is 11.3 Å². The van der Waals surface area contributed by atoms with E-state index in [0.29, 0.717) is 6.54 Å². The van der Waals surface area contributed by atoms with Crippen molar-refractivity contribution in [1.82, 2.24) is 4.90 Å². The van der Waals surface area contributed by atoms with Gasteiger partial charge >= 0.3 is 0 Å². The van der Waals surface area contributed by atoms with Gasteiger partial charge in [-0.05, 0) is 34.9 Å². The Balaban J connectivity index is 1.71. The summed E-state index contributed by atoms with van der Waals surface area (Å²) in [7, 11) is 1.64. The molecule has 1 unspecified atom stereocenters. The monoisotopic (exact) mass is 355 g/mol. The van der Waals surface area contributed by atoms with Crippen molar-refractivity contribution >= 4 is 11.5 Å². The first kappa shape index (κ1) is 17.1. The first-order valence-corrected chi connectivity index (χ1v) is 9.02. The number of methoxy groups -OCH3 is 1. The fourth-order valence-corrected chi connectivity index (χ4v) is 3.47. The molecule has 0 saturated carbocycles. The molecule has 1 aliphatic rings. The first-order chi connectivity index (χ1) is 13.3.